The van der Waals surface area contributed by atoms with Crippen molar-refractivity contribution in [3.63, 3.8) is 0 Å². The fourth-order valence-corrected chi connectivity index (χ4v) is 2.77. The number of carbonyl (C=O) groups excluding carboxylic acids is 1. The molecule has 0 spiro atoms. The smallest absolute Gasteiger partial charge is 0.303 e. The number of hydrogen-bond donors (Lipinski definition) is 2. The van der Waals surface area contributed by atoms with Crippen molar-refractivity contribution in [3.8, 4) is 0 Å². The molecule has 0 radical (unpaired) electrons. The van der Waals surface area contributed by atoms with Gasteiger partial charge in [0.15, 0.2) is 0 Å². The minimum absolute atomic E-state index is 0.0360. The molecular weight excluding hydrogens is 246 g/mol. The zero-order chi connectivity index (χ0) is 14.1. The Kier molecular flexibility index (Phi) is 7.48. The molecule has 5 heteroatoms. The zero-order valence-electron chi connectivity index (χ0n) is 11.7. The van der Waals surface area contributed by atoms with Gasteiger partial charge in [-0.15, -0.1) is 0 Å². The zero-order valence-corrected chi connectivity index (χ0v) is 11.7. The van der Waals surface area contributed by atoms with Crippen molar-refractivity contribution in [1.29, 1.82) is 0 Å². The van der Waals surface area contributed by atoms with E-state index in [0.29, 0.717) is 12.3 Å². The Balaban J connectivity index is 2.42. The highest BCUT2D eigenvalue weighted by Crippen LogP contribution is 2.28. The van der Waals surface area contributed by atoms with Gasteiger partial charge >= 0.3 is 5.97 Å². The Morgan fingerprint density at radius 2 is 2.00 bits per heavy atom. The Labute approximate surface area is 114 Å². The molecule has 1 rings (SSSR count). The van der Waals surface area contributed by atoms with E-state index < -0.39 is 5.97 Å². The number of rotatable bonds is 8. The van der Waals surface area contributed by atoms with E-state index in [-0.39, 0.29) is 25.0 Å². The van der Waals surface area contributed by atoms with Gasteiger partial charge in [0.1, 0.15) is 6.61 Å². The van der Waals surface area contributed by atoms with E-state index in [9.17, 15) is 9.59 Å². The Bertz CT molecular complexity index is 287. The second-order valence-corrected chi connectivity index (χ2v) is 5.37. The van der Waals surface area contributed by atoms with Crippen molar-refractivity contribution in [1.82, 2.24) is 5.32 Å². The van der Waals surface area contributed by atoms with Gasteiger partial charge in [-0.1, -0.05) is 32.1 Å². The minimum atomic E-state index is -0.811. The van der Waals surface area contributed by atoms with Crippen molar-refractivity contribution in [2.45, 2.75) is 57.4 Å². The summed E-state index contributed by atoms with van der Waals surface area (Å²) in [4.78, 5) is 22.2. The summed E-state index contributed by atoms with van der Waals surface area (Å²) in [5.41, 5.74) is 0. The molecular formula is C14H25NO4. The Hall–Kier alpha value is -1.10. The van der Waals surface area contributed by atoms with Crippen LogP contribution in [0.4, 0.5) is 0 Å². The lowest BCUT2D eigenvalue weighted by Gasteiger charge is -2.27. The lowest BCUT2D eigenvalue weighted by molar-refractivity contribution is -0.137. The van der Waals surface area contributed by atoms with Gasteiger partial charge in [-0.25, -0.2) is 0 Å². The largest absolute Gasteiger partial charge is 0.481 e. The molecule has 1 atom stereocenters. The van der Waals surface area contributed by atoms with Gasteiger partial charge in [-0.2, -0.15) is 0 Å². The van der Waals surface area contributed by atoms with Crippen LogP contribution >= 0.6 is 0 Å². The first-order valence-corrected chi connectivity index (χ1v) is 7.12. The highest BCUT2D eigenvalue weighted by Gasteiger charge is 2.21. The van der Waals surface area contributed by atoms with E-state index in [1.54, 1.807) is 0 Å². The van der Waals surface area contributed by atoms with Crippen molar-refractivity contribution >= 4 is 11.9 Å². The number of aliphatic carboxylic acids is 1. The van der Waals surface area contributed by atoms with Gasteiger partial charge in [0.05, 0.1) is 0 Å². The van der Waals surface area contributed by atoms with Gasteiger partial charge in [0, 0.05) is 19.6 Å². The van der Waals surface area contributed by atoms with Gasteiger partial charge in [-0.3, -0.25) is 9.59 Å². The van der Waals surface area contributed by atoms with Crippen LogP contribution < -0.4 is 5.32 Å². The molecule has 0 saturated heterocycles. The predicted octanol–water partition coefficient (Wildman–Crippen LogP) is 1.95. The van der Waals surface area contributed by atoms with Gasteiger partial charge in [0.2, 0.25) is 5.91 Å². The van der Waals surface area contributed by atoms with E-state index in [1.165, 1.54) is 39.2 Å². The average Bonchev–Trinajstić information content (AvgIpc) is 2.37. The van der Waals surface area contributed by atoms with Crippen LogP contribution in [-0.2, 0) is 14.3 Å². The van der Waals surface area contributed by atoms with Gasteiger partial charge in [0.25, 0.3) is 0 Å². The van der Waals surface area contributed by atoms with Crippen LogP contribution in [0.2, 0.25) is 0 Å². The molecule has 5 nitrogen and oxygen atoms in total. The van der Waals surface area contributed by atoms with E-state index in [4.69, 9.17) is 9.84 Å². The number of carbonyl (C=O) groups is 2. The molecule has 19 heavy (non-hydrogen) atoms. The second kappa shape index (κ2) is 8.91. The fourth-order valence-electron chi connectivity index (χ4n) is 2.77. The third-order valence-corrected chi connectivity index (χ3v) is 3.69. The molecule has 0 aromatic heterocycles. The maximum atomic E-state index is 11.6. The second-order valence-electron chi connectivity index (χ2n) is 5.37. The summed E-state index contributed by atoms with van der Waals surface area (Å²) in [5.74, 6) is -0.348. The lowest BCUT2D eigenvalue weighted by Crippen LogP contribution is -2.39. The molecule has 1 aliphatic rings. The normalized spacial score (nSPS) is 17.9. The fraction of sp³-hybridized carbons (Fsp3) is 0.857. The molecule has 0 aromatic rings. The summed E-state index contributed by atoms with van der Waals surface area (Å²) >= 11 is 0. The lowest BCUT2D eigenvalue weighted by atomic mass is 9.84. The molecule has 1 fully saturated rings. The van der Waals surface area contributed by atoms with Crippen LogP contribution in [-0.4, -0.2) is 36.7 Å². The number of methoxy groups -OCH3 is 1. The number of hydrogen-bond acceptors (Lipinski definition) is 3. The monoisotopic (exact) mass is 271 g/mol. The van der Waals surface area contributed by atoms with Crippen LogP contribution in [0.5, 0.6) is 0 Å². The van der Waals surface area contributed by atoms with E-state index in [1.807, 2.05) is 0 Å². The first-order valence-electron chi connectivity index (χ1n) is 7.12. The third-order valence-electron chi connectivity index (χ3n) is 3.69. The van der Waals surface area contributed by atoms with Crippen LogP contribution in [0.1, 0.15) is 51.4 Å². The molecule has 0 heterocycles. The van der Waals surface area contributed by atoms with E-state index in [2.05, 4.69) is 5.32 Å². The molecule has 110 valence electrons. The molecule has 1 amide bonds. The summed E-state index contributed by atoms with van der Waals surface area (Å²) < 4.78 is 4.79. The van der Waals surface area contributed by atoms with Crippen LogP contribution in [0.25, 0.3) is 0 Å². The van der Waals surface area contributed by atoms with Gasteiger partial charge < -0.3 is 15.2 Å². The maximum Gasteiger partial charge on any atom is 0.303 e. The number of nitrogens with one attached hydrogen (secondary N) is 1. The minimum Gasteiger partial charge on any atom is -0.481 e. The molecule has 2 N–H and O–H groups in total. The Morgan fingerprint density at radius 1 is 1.32 bits per heavy atom. The summed E-state index contributed by atoms with van der Waals surface area (Å²) in [7, 11) is 1.48. The van der Waals surface area contributed by atoms with Crippen molar-refractivity contribution in [3.05, 3.63) is 0 Å². The maximum absolute atomic E-state index is 11.6. The number of carboxylic acids is 1. The summed E-state index contributed by atoms with van der Waals surface area (Å²) in [6.45, 7) is 0.0360. The molecule has 1 unspecified atom stereocenters. The molecule has 0 aliphatic heterocycles. The van der Waals surface area contributed by atoms with E-state index in [0.717, 1.165) is 6.42 Å². The topological polar surface area (TPSA) is 75.6 Å². The first kappa shape index (κ1) is 16.0. The summed E-state index contributed by atoms with van der Waals surface area (Å²) in [6, 6.07) is -0.0400. The van der Waals surface area contributed by atoms with Crippen molar-refractivity contribution in [2.75, 3.05) is 13.7 Å². The number of ether oxygens (including phenoxy) is 1. The quantitative estimate of drug-likeness (QED) is 0.707. The van der Waals surface area contributed by atoms with Crippen LogP contribution in [0.15, 0.2) is 0 Å². The molecule has 0 aromatic carbocycles. The molecule has 1 saturated carbocycles. The SMILES string of the molecule is COCC(=O)NC(CCC(=O)O)CC1CCCCC1. The highest BCUT2D eigenvalue weighted by atomic mass is 16.5. The van der Waals surface area contributed by atoms with E-state index >= 15 is 0 Å². The average molecular weight is 271 g/mol. The highest BCUT2D eigenvalue weighted by molar-refractivity contribution is 5.77. The number of carboxylic acid groups (broad SMARTS) is 1. The van der Waals surface area contributed by atoms with Crippen molar-refractivity contribution in [2.24, 2.45) is 5.92 Å². The predicted molar refractivity (Wildman–Crippen MR) is 71.9 cm³/mol. The Morgan fingerprint density at radius 3 is 2.58 bits per heavy atom. The summed E-state index contributed by atoms with van der Waals surface area (Å²) in [6.07, 6.45) is 7.69. The molecule has 0 bridgehead atoms. The molecule has 1 aliphatic carbocycles. The standard InChI is InChI=1S/C14H25NO4/c1-19-10-13(16)15-12(7-8-14(17)18)9-11-5-3-2-4-6-11/h11-12H,2-10H2,1H3,(H,15,16)(H,17,18). The van der Waals surface area contributed by atoms with Crippen LogP contribution in [0, 0.1) is 5.92 Å². The summed E-state index contributed by atoms with van der Waals surface area (Å²) in [5, 5.41) is 11.7. The number of amides is 1. The van der Waals surface area contributed by atoms with Gasteiger partial charge in [-0.05, 0) is 18.8 Å². The third kappa shape index (κ3) is 7.15. The van der Waals surface area contributed by atoms with Crippen molar-refractivity contribution < 1.29 is 19.4 Å². The first-order chi connectivity index (χ1) is 9.11. The van der Waals surface area contributed by atoms with Crippen LogP contribution in [0.3, 0.4) is 0 Å².